The number of azo groups is 1. The van der Waals surface area contributed by atoms with E-state index in [9.17, 15) is 18.0 Å². The molecule has 0 fully saturated rings. The first-order valence-corrected chi connectivity index (χ1v) is 7.82. The van der Waals surface area contributed by atoms with E-state index in [4.69, 9.17) is 11.6 Å². The molecule has 1 atom stereocenters. The summed E-state index contributed by atoms with van der Waals surface area (Å²) >= 11 is 6.05. The monoisotopic (exact) mass is 379 g/mol. The average molecular weight is 380 g/mol. The fourth-order valence-corrected chi connectivity index (χ4v) is 3.14. The minimum atomic E-state index is -4.57. The maximum Gasteiger partial charge on any atom is 0.406 e. The number of aromatic nitrogens is 2. The Morgan fingerprint density at radius 3 is 2.81 bits per heavy atom. The molecule has 1 amide bonds. The molecule has 0 aromatic carbocycles. The molecule has 1 unspecified atom stereocenters. The summed E-state index contributed by atoms with van der Waals surface area (Å²) in [5, 5.41) is 7.76. The van der Waals surface area contributed by atoms with Crippen molar-refractivity contribution in [1.82, 2.24) is 9.97 Å². The highest BCUT2D eigenvalue weighted by Gasteiger charge is 2.43. The summed E-state index contributed by atoms with van der Waals surface area (Å²) in [5.74, 6) is -0.778. The van der Waals surface area contributed by atoms with Gasteiger partial charge in [0.2, 0.25) is 0 Å². The molecule has 0 radical (unpaired) electrons. The van der Waals surface area contributed by atoms with Gasteiger partial charge in [0.1, 0.15) is 17.7 Å². The lowest BCUT2D eigenvalue weighted by atomic mass is 9.93. The molecule has 4 heterocycles. The Kier molecular flexibility index (Phi) is 3.76. The van der Waals surface area contributed by atoms with Gasteiger partial charge in [-0.05, 0) is 18.2 Å². The zero-order valence-corrected chi connectivity index (χ0v) is 13.7. The van der Waals surface area contributed by atoms with Gasteiger partial charge in [-0.3, -0.25) is 14.7 Å². The van der Waals surface area contributed by atoms with Gasteiger partial charge >= 0.3 is 6.18 Å². The van der Waals surface area contributed by atoms with Crippen LogP contribution in [0.5, 0.6) is 0 Å². The maximum absolute atomic E-state index is 13.0. The highest BCUT2D eigenvalue weighted by atomic mass is 35.5. The van der Waals surface area contributed by atoms with E-state index in [1.807, 2.05) is 0 Å². The predicted molar refractivity (Wildman–Crippen MR) is 86.6 cm³/mol. The van der Waals surface area contributed by atoms with Gasteiger partial charge in [-0.15, -0.1) is 0 Å². The highest BCUT2D eigenvalue weighted by molar-refractivity contribution is 6.32. The molecular weight excluding hydrogens is 371 g/mol. The SMILES string of the molecule is O=C1C2=CN=NC2c2cnc(-c3cccnc3Cl)cc2N1CC(F)(F)F. The zero-order valence-electron chi connectivity index (χ0n) is 12.9. The second-order valence-electron chi connectivity index (χ2n) is 5.69. The Morgan fingerprint density at radius 1 is 1.27 bits per heavy atom. The molecule has 6 nitrogen and oxygen atoms in total. The van der Waals surface area contributed by atoms with Crippen molar-refractivity contribution < 1.29 is 18.0 Å². The fourth-order valence-electron chi connectivity index (χ4n) is 2.92. The van der Waals surface area contributed by atoms with Crippen molar-refractivity contribution in [2.24, 2.45) is 10.2 Å². The van der Waals surface area contributed by atoms with Crippen LogP contribution in [-0.2, 0) is 4.79 Å². The molecule has 132 valence electrons. The van der Waals surface area contributed by atoms with Gasteiger partial charge in [0.05, 0.1) is 23.2 Å². The van der Waals surface area contributed by atoms with Crippen LogP contribution in [0.1, 0.15) is 11.6 Å². The molecule has 10 heteroatoms. The number of halogens is 4. The van der Waals surface area contributed by atoms with Crippen molar-refractivity contribution in [3.8, 4) is 11.3 Å². The second kappa shape index (κ2) is 5.87. The summed E-state index contributed by atoms with van der Waals surface area (Å²) in [6.07, 6.45) is -0.500. The van der Waals surface area contributed by atoms with Gasteiger partial charge in [0.25, 0.3) is 5.91 Å². The lowest BCUT2D eigenvalue weighted by Crippen LogP contribution is -2.43. The second-order valence-corrected chi connectivity index (χ2v) is 6.05. The number of rotatable bonds is 2. The van der Waals surface area contributed by atoms with Gasteiger partial charge in [-0.1, -0.05) is 11.6 Å². The van der Waals surface area contributed by atoms with Gasteiger partial charge in [0, 0.05) is 23.5 Å². The summed E-state index contributed by atoms with van der Waals surface area (Å²) in [6.45, 7) is -1.42. The number of fused-ring (bicyclic) bond motifs is 3. The van der Waals surface area contributed by atoms with Crippen LogP contribution in [0.3, 0.4) is 0 Å². The summed E-state index contributed by atoms with van der Waals surface area (Å²) < 4.78 is 39.1. The molecule has 2 aromatic rings. The number of nitrogens with zero attached hydrogens (tertiary/aromatic N) is 5. The Balaban J connectivity index is 1.88. The minimum absolute atomic E-state index is 0.0836. The van der Waals surface area contributed by atoms with Crippen molar-refractivity contribution in [3.05, 3.63) is 53.1 Å². The number of carbonyl (C=O) groups is 1. The van der Waals surface area contributed by atoms with Gasteiger partial charge in [-0.25, -0.2) is 4.98 Å². The van der Waals surface area contributed by atoms with Crippen molar-refractivity contribution in [1.29, 1.82) is 0 Å². The van der Waals surface area contributed by atoms with Gasteiger partial charge < -0.3 is 0 Å². The molecule has 4 rings (SSSR count). The third kappa shape index (κ3) is 2.74. The zero-order chi connectivity index (χ0) is 18.5. The van der Waals surface area contributed by atoms with Crippen LogP contribution in [0.25, 0.3) is 11.3 Å². The Morgan fingerprint density at radius 2 is 2.08 bits per heavy atom. The van der Waals surface area contributed by atoms with E-state index < -0.39 is 24.7 Å². The number of amides is 1. The van der Waals surface area contributed by atoms with E-state index in [2.05, 4.69) is 20.2 Å². The summed E-state index contributed by atoms with van der Waals surface area (Å²) in [6, 6.07) is 3.93. The Bertz CT molecular complexity index is 973. The van der Waals surface area contributed by atoms with Crippen molar-refractivity contribution in [2.45, 2.75) is 12.2 Å². The summed E-state index contributed by atoms with van der Waals surface area (Å²) in [7, 11) is 0. The molecule has 0 saturated heterocycles. The average Bonchev–Trinajstić information content (AvgIpc) is 3.08. The Hall–Kier alpha value is -2.81. The van der Waals surface area contributed by atoms with Crippen molar-refractivity contribution in [3.63, 3.8) is 0 Å². The van der Waals surface area contributed by atoms with E-state index >= 15 is 0 Å². The van der Waals surface area contributed by atoms with E-state index in [0.717, 1.165) is 0 Å². The molecular formula is C16H9ClF3N5O. The topological polar surface area (TPSA) is 70.8 Å². The third-order valence-electron chi connectivity index (χ3n) is 4.04. The van der Waals surface area contributed by atoms with E-state index in [1.165, 1.54) is 24.7 Å². The molecule has 0 spiro atoms. The van der Waals surface area contributed by atoms with E-state index in [-0.39, 0.29) is 16.4 Å². The van der Waals surface area contributed by atoms with Crippen LogP contribution < -0.4 is 4.90 Å². The molecule has 2 aromatic heterocycles. The molecule has 26 heavy (non-hydrogen) atoms. The fraction of sp³-hybridized carbons (Fsp3) is 0.188. The number of hydrogen-bond donors (Lipinski definition) is 0. The molecule has 2 aliphatic rings. The van der Waals surface area contributed by atoms with Crippen LogP contribution in [0.4, 0.5) is 18.9 Å². The van der Waals surface area contributed by atoms with Crippen LogP contribution in [0.15, 0.2) is 52.6 Å². The van der Waals surface area contributed by atoms with Crippen LogP contribution >= 0.6 is 11.6 Å². The number of pyridine rings is 2. The first kappa shape index (κ1) is 16.6. The normalized spacial score (nSPS) is 18.6. The lowest BCUT2D eigenvalue weighted by Gasteiger charge is -2.32. The number of carbonyl (C=O) groups excluding carboxylic acids is 1. The molecule has 0 N–H and O–H groups in total. The first-order valence-electron chi connectivity index (χ1n) is 7.44. The smallest absolute Gasteiger partial charge is 0.299 e. The van der Waals surface area contributed by atoms with Gasteiger partial charge in [-0.2, -0.15) is 23.4 Å². The Labute approximate surface area is 150 Å². The molecule has 0 saturated carbocycles. The molecule has 0 bridgehead atoms. The first-order chi connectivity index (χ1) is 12.3. The van der Waals surface area contributed by atoms with Crippen LogP contribution in [-0.4, -0.2) is 28.6 Å². The number of alkyl halides is 3. The number of anilines is 1. The predicted octanol–water partition coefficient (Wildman–Crippen LogP) is 4.10. The van der Waals surface area contributed by atoms with Crippen molar-refractivity contribution in [2.75, 3.05) is 11.4 Å². The van der Waals surface area contributed by atoms with Gasteiger partial charge in [0.15, 0.2) is 0 Å². The van der Waals surface area contributed by atoms with Crippen LogP contribution in [0.2, 0.25) is 5.15 Å². The summed E-state index contributed by atoms with van der Waals surface area (Å²) in [5.41, 5.74) is 1.32. The van der Waals surface area contributed by atoms with E-state index in [0.29, 0.717) is 21.7 Å². The minimum Gasteiger partial charge on any atom is -0.299 e. The summed E-state index contributed by atoms with van der Waals surface area (Å²) in [4.78, 5) is 21.4. The largest absolute Gasteiger partial charge is 0.406 e. The highest BCUT2D eigenvalue weighted by Crippen LogP contribution is 2.44. The third-order valence-corrected chi connectivity index (χ3v) is 4.34. The molecule has 2 aliphatic heterocycles. The maximum atomic E-state index is 13.0. The standard InChI is InChI=1S/C16H9ClF3N5O/c17-14-8(2-1-3-21-14)11-4-12-9(5-22-11)13-10(6-23-24-13)15(26)25(12)7-16(18,19)20/h1-6,13H,7H2. The number of hydrogen-bond acceptors (Lipinski definition) is 5. The van der Waals surface area contributed by atoms with Crippen LogP contribution in [0, 0.1) is 0 Å². The molecule has 0 aliphatic carbocycles. The quantitative estimate of drug-likeness (QED) is 0.738. The van der Waals surface area contributed by atoms with E-state index in [1.54, 1.807) is 12.1 Å². The lowest BCUT2D eigenvalue weighted by molar-refractivity contribution is -0.130. The van der Waals surface area contributed by atoms with Crippen molar-refractivity contribution >= 4 is 23.2 Å².